The van der Waals surface area contributed by atoms with Crippen molar-refractivity contribution in [3.05, 3.63) is 69.5 Å². The minimum Gasteiger partial charge on any atom is -0.487 e. The number of benzene rings is 2. The molecule has 6 rings (SSSR count). The Labute approximate surface area is 305 Å². The van der Waals surface area contributed by atoms with Crippen LogP contribution in [0.25, 0.3) is 0 Å². The lowest BCUT2D eigenvalue weighted by molar-refractivity contribution is -0.139. The van der Waals surface area contributed by atoms with Crippen molar-refractivity contribution < 1.29 is 32.4 Å². The van der Waals surface area contributed by atoms with Gasteiger partial charge in [0, 0.05) is 57.5 Å². The Morgan fingerprint density at radius 3 is 2.67 bits per heavy atom. The largest absolute Gasteiger partial charge is 0.487 e. The van der Waals surface area contributed by atoms with Crippen LogP contribution in [0.3, 0.4) is 0 Å². The monoisotopic (exact) mass is 745 g/mol. The van der Waals surface area contributed by atoms with Crippen molar-refractivity contribution in [2.24, 2.45) is 5.92 Å². The van der Waals surface area contributed by atoms with E-state index in [4.69, 9.17) is 30.6 Å². The van der Waals surface area contributed by atoms with Crippen LogP contribution in [0.5, 0.6) is 5.75 Å². The van der Waals surface area contributed by atoms with Gasteiger partial charge in [0.25, 0.3) is 5.91 Å². The summed E-state index contributed by atoms with van der Waals surface area (Å²) in [5.41, 5.74) is 3.05. The Morgan fingerprint density at radius 2 is 1.92 bits per heavy atom. The van der Waals surface area contributed by atoms with Gasteiger partial charge < -0.3 is 24.0 Å². The van der Waals surface area contributed by atoms with Crippen LogP contribution in [-0.4, -0.2) is 97.8 Å². The van der Waals surface area contributed by atoms with E-state index in [-0.39, 0.29) is 50.6 Å². The summed E-state index contributed by atoms with van der Waals surface area (Å²) in [5.74, 6) is -1.66. The van der Waals surface area contributed by atoms with Gasteiger partial charge in [0.2, 0.25) is 5.91 Å². The average molecular weight is 746 g/mol. The number of methoxy groups -OCH3 is 2. The third-order valence-corrected chi connectivity index (χ3v) is 12.4. The summed E-state index contributed by atoms with van der Waals surface area (Å²) < 4.78 is 58.9. The van der Waals surface area contributed by atoms with Crippen LogP contribution in [-0.2, 0) is 42.7 Å². The van der Waals surface area contributed by atoms with Crippen LogP contribution in [0.15, 0.2) is 42.2 Å². The van der Waals surface area contributed by atoms with Gasteiger partial charge in [0.15, 0.2) is 0 Å². The minimum atomic E-state index is -3.58. The number of hydrogen-bond donors (Lipinski definition) is 2. The van der Waals surface area contributed by atoms with Gasteiger partial charge in [0.05, 0.1) is 30.2 Å². The SMILES string of the molecule is COCCN(CCOC)C(=O)[C@H]1/C(F)=C/C[C@H](C)CS(=N)(=O)NC(=O)c2ccc3c(c2)N2CCCCc4cc(Cl)cc(c4CO3)[C@]3(CCCN13)C2. The second kappa shape index (κ2) is 15.8. The van der Waals surface area contributed by atoms with Crippen molar-refractivity contribution >= 4 is 39.0 Å². The van der Waals surface area contributed by atoms with Crippen molar-refractivity contribution in [1.82, 2.24) is 14.5 Å². The quantitative estimate of drug-likeness (QED) is 0.384. The van der Waals surface area contributed by atoms with Gasteiger partial charge in [-0.2, -0.15) is 0 Å². The summed E-state index contributed by atoms with van der Waals surface area (Å²) >= 11 is 6.92. The van der Waals surface area contributed by atoms with Gasteiger partial charge in [0.1, 0.15) is 34.1 Å². The second-order valence-corrected chi connectivity index (χ2v) is 16.5. The standard InChI is InChI=1S/C37H49ClFN5O6S/c1-25-8-10-31(39)34(36(46)42(15-17-48-2)16-18-49-3)44-14-6-12-37(44)24-43-13-5-4-7-26-19-28(38)21-30(37)29(26)22-50-33-11-9-27(20-32(33)43)35(45)41-51(40,47)23-25/h9-11,19-21,25,34H,4-8,12-18,22-24H2,1-3H3,(H2,40,41,45,47)/b31-10-/t25-,34+,37-,51?/m0/s1. The van der Waals surface area contributed by atoms with Crippen LogP contribution in [0.4, 0.5) is 10.1 Å². The number of aryl methyl sites for hydroxylation is 1. The molecule has 4 aliphatic rings. The summed E-state index contributed by atoms with van der Waals surface area (Å²) in [6.45, 7) is 4.45. The van der Waals surface area contributed by atoms with Crippen molar-refractivity contribution in [3.63, 3.8) is 0 Å². The zero-order valence-corrected chi connectivity index (χ0v) is 31.3. The maximum absolute atomic E-state index is 17.2. The Hall–Kier alpha value is -3.23. The van der Waals surface area contributed by atoms with Crippen molar-refractivity contribution in [3.8, 4) is 5.75 Å². The molecular formula is C37H49ClFN5O6S. The predicted octanol–water partition coefficient (Wildman–Crippen LogP) is 5.44. The highest BCUT2D eigenvalue weighted by atomic mass is 35.5. The van der Waals surface area contributed by atoms with Crippen LogP contribution in [0.1, 0.15) is 66.1 Å². The molecular weight excluding hydrogens is 697 g/mol. The van der Waals surface area contributed by atoms with E-state index in [0.29, 0.717) is 48.9 Å². The number of fused-ring (bicyclic) bond motifs is 1. The van der Waals surface area contributed by atoms with Gasteiger partial charge in [-0.1, -0.05) is 24.6 Å². The van der Waals surface area contributed by atoms with Gasteiger partial charge in [-0.3, -0.25) is 19.2 Å². The van der Waals surface area contributed by atoms with E-state index in [2.05, 4.69) is 9.62 Å². The smallest absolute Gasteiger partial charge is 0.263 e. The lowest BCUT2D eigenvalue weighted by Crippen LogP contribution is -2.59. The normalized spacial score (nSPS) is 27.9. The third-order valence-electron chi connectivity index (χ3n) is 10.6. The number of nitrogens with one attached hydrogen (secondary N) is 2. The fourth-order valence-corrected chi connectivity index (χ4v) is 9.85. The molecule has 0 saturated carbocycles. The van der Waals surface area contributed by atoms with Crippen LogP contribution >= 0.6 is 11.6 Å². The van der Waals surface area contributed by atoms with Crippen molar-refractivity contribution in [2.45, 2.75) is 63.6 Å². The molecule has 51 heavy (non-hydrogen) atoms. The summed E-state index contributed by atoms with van der Waals surface area (Å²) in [6.07, 6.45) is 5.34. The lowest BCUT2D eigenvalue weighted by atomic mass is 9.79. The molecule has 4 aliphatic heterocycles. The number of amides is 2. The molecule has 2 aromatic carbocycles. The molecule has 1 saturated heterocycles. The first kappa shape index (κ1) is 37.5. The first-order chi connectivity index (χ1) is 24.5. The zero-order chi connectivity index (χ0) is 36.3. The Bertz CT molecular complexity index is 1770. The molecule has 11 nitrogen and oxygen atoms in total. The fourth-order valence-electron chi connectivity index (χ4n) is 8.17. The number of allylic oxidation sites excluding steroid dienone is 1. The highest BCUT2D eigenvalue weighted by molar-refractivity contribution is 7.91. The van der Waals surface area contributed by atoms with E-state index in [1.54, 1.807) is 44.2 Å². The van der Waals surface area contributed by atoms with Gasteiger partial charge in [-0.05, 0) is 91.5 Å². The molecule has 278 valence electrons. The van der Waals surface area contributed by atoms with Gasteiger partial charge >= 0.3 is 0 Å². The zero-order valence-electron chi connectivity index (χ0n) is 29.7. The summed E-state index contributed by atoms with van der Waals surface area (Å²) in [6, 6.07) is 7.81. The van der Waals surface area contributed by atoms with Gasteiger partial charge in [-0.25, -0.2) is 13.4 Å². The molecule has 7 bridgehead atoms. The molecule has 4 heterocycles. The molecule has 14 heteroatoms. The Kier molecular flexibility index (Phi) is 11.6. The van der Waals surface area contributed by atoms with E-state index in [0.717, 1.165) is 36.0 Å². The summed E-state index contributed by atoms with van der Waals surface area (Å²) in [4.78, 5) is 34.2. The first-order valence-electron chi connectivity index (χ1n) is 17.8. The molecule has 1 unspecified atom stereocenters. The second-order valence-electron chi connectivity index (χ2n) is 14.2. The number of nitrogens with zero attached hydrogens (tertiary/aromatic N) is 3. The van der Waals surface area contributed by atoms with E-state index in [1.165, 1.54) is 6.08 Å². The Balaban J connectivity index is 1.62. The molecule has 2 aromatic rings. The summed E-state index contributed by atoms with van der Waals surface area (Å²) in [5, 5.41) is 0.577. The van der Waals surface area contributed by atoms with E-state index in [1.807, 2.05) is 17.0 Å². The number of carbonyl (C=O) groups is 2. The molecule has 0 aliphatic carbocycles. The third kappa shape index (κ3) is 7.92. The van der Waals surface area contributed by atoms with E-state index in [9.17, 15) is 13.8 Å². The first-order valence-corrected chi connectivity index (χ1v) is 19.9. The number of rotatable bonds is 7. The van der Waals surface area contributed by atoms with Crippen LogP contribution in [0.2, 0.25) is 5.02 Å². The highest BCUT2D eigenvalue weighted by Gasteiger charge is 2.52. The maximum atomic E-state index is 17.2. The molecule has 0 radical (unpaired) electrons. The molecule has 1 spiro atoms. The topological polar surface area (TPSA) is 124 Å². The van der Waals surface area contributed by atoms with Crippen LogP contribution in [0, 0.1) is 10.7 Å². The minimum absolute atomic E-state index is 0.115. The maximum Gasteiger partial charge on any atom is 0.263 e. The number of ether oxygens (including phenoxy) is 3. The summed E-state index contributed by atoms with van der Waals surface area (Å²) in [7, 11) is -0.446. The molecule has 2 N–H and O–H groups in total. The molecule has 4 atom stereocenters. The predicted molar refractivity (Wildman–Crippen MR) is 195 cm³/mol. The van der Waals surface area contributed by atoms with Crippen molar-refractivity contribution in [2.75, 3.05) is 70.8 Å². The van der Waals surface area contributed by atoms with E-state index < -0.39 is 45.1 Å². The highest BCUT2D eigenvalue weighted by Crippen LogP contribution is 2.49. The van der Waals surface area contributed by atoms with E-state index >= 15 is 4.39 Å². The molecule has 1 fully saturated rings. The number of hydrogen-bond acceptors (Lipinski definition) is 9. The van der Waals surface area contributed by atoms with Gasteiger partial charge in [-0.15, -0.1) is 0 Å². The Morgan fingerprint density at radius 1 is 1.16 bits per heavy atom. The number of halogens is 2. The lowest BCUT2D eigenvalue weighted by Gasteiger charge is -2.47. The molecule has 0 aromatic heterocycles. The fraction of sp³-hybridized carbons (Fsp3) is 0.568. The average Bonchev–Trinajstić information content (AvgIpc) is 3.50. The molecule has 2 amide bonds. The van der Waals surface area contributed by atoms with Crippen LogP contribution < -0.4 is 14.4 Å². The van der Waals surface area contributed by atoms with Crippen molar-refractivity contribution in [1.29, 1.82) is 4.78 Å². The number of anilines is 1. The number of carbonyl (C=O) groups excluding carboxylic acids is 2.